The van der Waals surface area contributed by atoms with Crippen LogP contribution in [-0.2, 0) is 12.7 Å². The van der Waals surface area contributed by atoms with Crippen LogP contribution in [0.2, 0.25) is 0 Å². The third-order valence-corrected chi connectivity index (χ3v) is 3.45. The van der Waals surface area contributed by atoms with Crippen molar-refractivity contribution in [3.8, 4) is 0 Å². The predicted octanol–water partition coefficient (Wildman–Crippen LogP) is 4.84. The third kappa shape index (κ3) is 4.00. The molecule has 23 heavy (non-hydrogen) atoms. The number of alkyl halides is 3. The van der Waals surface area contributed by atoms with Gasteiger partial charge in [-0.1, -0.05) is 12.1 Å². The Bertz CT molecular complexity index is 702. The summed E-state index contributed by atoms with van der Waals surface area (Å²) in [4.78, 5) is 10.5. The minimum absolute atomic E-state index is 0.0741. The number of aryl methyl sites for hydroxylation is 2. The molecule has 0 aliphatic heterocycles. The van der Waals surface area contributed by atoms with Crippen molar-refractivity contribution in [3.63, 3.8) is 0 Å². The molecule has 0 amide bonds. The molecule has 0 aliphatic carbocycles. The first kappa shape index (κ1) is 16.8. The quantitative estimate of drug-likeness (QED) is 0.646. The highest BCUT2D eigenvalue weighted by molar-refractivity contribution is 5.58. The number of nitro groups is 1. The van der Waals surface area contributed by atoms with E-state index in [2.05, 4.69) is 5.32 Å². The number of hydrogen-bond acceptors (Lipinski definition) is 3. The summed E-state index contributed by atoms with van der Waals surface area (Å²) in [5, 5.41) is 14.0. The second kappa shape index (κ2) is 6.28. The van der Waals surface area contributed by atoms with Crippen LogP contribution in [0.1, 0.15) is 22.3 Å². The van der Waals surface area contributed by atoms with Crippen LogP contribution in [0.25, 0.3) is 0 Å². The van der Waals surface area contributed by atoms with Gasteiger partial charge in [-0.2, -0.15) is 13.2 Å². The summed E-state index contributed by atoms with van der Waals surface area (Å²) >= 11 is 0. The predicted molar refractivity (Wildman–Crippen MR) is 81.3 cm³/mol. The number of rotatable bonds is 4. The van der Waals surface area contributed by atoms with Gasteiger partial charge in [0.2, 0.25) is 0 Å². The first-order valence-electron chi connectivity index (χ1n) is 6.84. The Kier molecular flexibility index (Phi) is 4.58. The van der Waals surface area contributed by atoms with Gasteiger partial charge in [0.15, 0.2) is 0 Å². The van der Waals surface area contributed by atoms with E-state index in [0.29, 0.717) is 28.9 Å². The van der Waals surface area contributed by atoms with Crippen LogP contribution in [0.3, 0.4) is 0 Å². The van der Waals surface area contributed by atoms with E-state index >= 15 is 0 Å². The Morgan fingerprint density at radius 2 is 1.61 bits per heavy atom. The number of anilines is 1. The van der Waals surface area contributed by atoms with Crippen LogP contribution in [0, 0.1) is 24.0 Å². The Labute approximate surface area is 131 Å². The molecule has 0 aromatic heterocycles. The van der Waals surface area contributed by atoms with Crippen LogP contribution < -0.4 is 5.32 Å². The Morgan fingerprint density at radius 1 is 1.09 bits per heavy atom. The molecule has 4 nitrogen and oxygen atoms in total. The minimum atomic E-state index is -4.35. The van der Waals surface area contributed by atoms with E-state index in [-0.39, 0.29) is 5.69 Å². The lowest BCUT2D eigenvalue weighted by Gasteiger charge is -2.11. The minimum Gasteiger partial charge on any atom is -0.381 e. The van der Waals surface area contributed by atoms with Crippen LogP contribution in [0.5, 0.6) is 0 Å². The maximum absolute atomic E-state index is 12.5. The molecule has 0 atom stereocenters. The summed E-state index contributed by atoms with van der Waals surface area (Å²) in [5.41, 5.74) is 1.82. The topological polar surface area (TPSA) is 55.2 Å². The molecule has 0 saturated heterocycles. The number of nitrogens with one attached hydrogen (secondary N) is 1. The fourth-order valence-corrected chi connectivity index (χ4v) is 2.36. The van der Waals surface area contributed by atoms with Gasteiger partial charge in [0.25, 0.3) is 5.69 Å². The van der Waals surface area contributed by atoms with Gasteiger partial charge < -0.3 is 5.32 Å². The van der Waals surface area contributed by atoms with Gasteiger partial charge in [0, 0.05) is 23.4 Å². The molecule has 1 N–H and O–H groups in total. The molecule has 122 valence electrons. The zero-order chi connectivity index (χ0) is 17.2. The van der Waals surface area contributed by atoms with Gasteiger partial charge in [-0.25, -0.2) is 0 Å². The van der Waals surface area contributed by atoms with Crippen molar-refractivity contribution in [3.05, 3.63) is 68.8 Å². The highest BCUT2D eigenvalue weighted by Gasteiger charge is 2.29. The molecule has 0 aliphatic rings. The van der Waals surface area contributed by atoms with E-state index in [4.69, 9.17) is 0 Å². The van der Waals surface area contributed by atoms with Crippen LogP contribution in [0.4, 0.5) is 24.5 Å². The second-order valence-corrected chi connectivity index (χ2v) is 5.26. The summed E-state index contributed by atoms with van der Waals surface area (Å²) in [5.74, 6) is 0. The van der Waals surface area contributed by atoms with Gasteiger partial charge in [-0.3, -0.25) is 10.1 Å². The molecule has 0 heterocycles. The summed E-state index contributed by atoms with van der Waals surface area (Å²) in [6.45, 7) is 3.62. The van der Waals surface area contributed by atoms with Gasteiger partial charge in [0.05, 0.1) is 10.5 Å². The monoisotopic (exact) mass is 324 g/mol. The molecule has 2 aromatic carbocycles. The maximum atomic E-state index is 12.5. The fraction of sp³-hybridized carbons (Fsp3) is 0.250. The van der Waals surface area contributed by atoms with Gasteiger partial charge >= 0.3 is 6.18 Å². The Morgan fingerprint density at radius 3 is 2.04 bits per heavy atom. The maximum Gasteiger partial charge on any atom is 0.416 e. The van der Waals surface area contributed by atoms with Crippen LogP contribution in [0.15, 0.2) is 36.4 Å². The summed E-state index contributed by atoms with van der Waals surface area (Å²) in [7, 11) is 0. The SMILES string of the molecule is Cc1cc(NCc2ccc(C(F)(F)F)cc2)cc(C)c1[N+](=O)[O-]. The van der Waals surface area contributed by atoms with Crippen molar-refractivity contribution in [2.45, 2.75) is 26.6 Å². The Balaban J connectivity index is 2.11. The van der Waals surface area contributed by atoms with Crippen molar-refractivity contribution >= 4 is 11.4 Å². The lowest BCUT2D eigenvalue weighted by Crippen LogP contribution is -2.06. The molecule has 0 bridgehead atoms. The number of nitro benzene ring substituents is 1. The van der Waals surface area contributed by atoms with Crippen molar-refractivity contribution in [1.82, 2.24) is 0 Å². The lowest BCUT2D eigenvalue weighted by atomic mass is 10.1. The van der Waals surface area contributed by atoms with E-state index in [9.17, 15) is 23.3 Å². The second-order valence-electron chi connectivity index (χ2n) is 5.26. The molecule has 0 saturated carbocycles. The van der Waals surface area contributed by atoms with Crippen LogP contribution >= 0.6 is 0 Å². The van der Waals surface area contributed by atoms with Crippen molar-refractivity contribution in [2.75, 3.05) is 5.32 Å². The van der Waals surface area contributed by atoms with Gasteiger partial charge in [-0.05, 0) is 43.7 Å². The molecule has 0 fully saturated rings. The third-order valence-electron chi connectivity index (χ3n) is 3.45. The van der Waals surface area contributed by atoms with E-state index in [1.54, 1.807) is 26.0 Å². The molecule has 0 radical (unpaired) electrons. The smallest absolute Gasteiger partial charge is 0.381 e. The zero-order valence-electron chi connectivity index (χ0n) is 12.6. The normalized spacial score (nSPS) is 11.3. The number of hydrogen-bond donors (Lipinski definition) is 1. The molecular weight excluding hydrogens is 309 g/mol. The van der Waals surface area contributed by atoms with Crippen molar-refractivity contribution in [1.29, 1.82) is 0 Å². The molecule has 7 heteroatoms. The van der Waals surface area contributed by atoms with E-state index in [0.717, 1.165) is 12.1 Å². The van der Waals surface area contributed by atoms with Crippen molar-refractivity contribution in [2.24, 2.45) is 0 Å². The molecule has 0 spiro atoms. The number of benzene rings is 2. The van der Waals surface area contributed by atoms with E-state index in [1.807, 2.05) is 0 Å². The average Bonchev–Trinajstić information content (AvgIpc) is 2.43. The number of halogens is 3. The standard InChI is InChI=1S/C16H15F3N2O2/c1-10-7-14(8-11(2)15(10)21(22)23)20-9-12-3-5-13(6-4-12)16(17,18)19/h3-8,20H,9H2,1-2H3. The first-order chi connectivity index (χ1) is 10.7. The molecular formula is C16H15F3N2O2. The van der Waals surface area contributed by atoms with Crippen LogP contribution in [-0.4, -0.2) is 4.92 Å². The fourth-order valence-electron chi connectivity index (χ4n) is 2.36. The zero-order valence-corrected chi connectivity index (χ0v) is 12.6. The van der Waals surface area contributed by atoms with E-state index < -0.39 is 16.7 Å². The van der Waals surface area contributed by atoms with Gasteiger partial charge in [0.1, 0.15) is 0 Å². The highest BCUT2D eigenvalue weighted by atomic mass is 19.4. The largest absolute Gasteiger partial charge is 0.416 e. The van der Waals surface area contributed by atoms with Gasteiger partial charge in [-0.15, -0.1) is 0 Å². The number of nitrogens with zero attached hydrogens (tertiary/aromatic N) is 1. The average molecular weight is 324 g/mol. The molecule has 0 unspecified atom stereocenters. The van der Waals surface area contributed by atoms with E-state index in [1.165, 1.54) is 12.1 Å². The molecule has 2 rings (SSSR count). The summed E-state index contributed by atoms with van der Waals surface area (Å²) in [6.07, 6.45) is -4.35. The summed E-state index contributed by atoms with van der Waals surface area (Å²) < 4.78 is 37.5. The molecule has 2 aromatic rings. The first-order valence-corrected chi connectivity index (χ1v) is 6.84. The Hall–Kier alpha value is -2.57. The van der Waals surface area contributed by atoms with Crippen molar-refractivity contribution < 1.29 is 18.1 Å². The lowest BCUT2D eigenvalue weighted by molar-refractivity contribution is -0.386. The summed E-state index contributed by atoms with van der Waals surface area (Å²) in [6, 6.07) is 8.17. The highest BCUT2D eigenvalue weighted by Crippen LogP contribution is 2.30.